The molecule has 1 aromatic carbocycles. The van der Waals surface area contributed by atoms with E-state index in [9.17, 15) is 9.18 Å². The van der Waals surface area contributed by atoms with Gasteiger partial charge in [-0.3, -0.25) is 9.69 Å². The maximum atomic E-state index is 13.3. The highest BCUT2D eigenvalue weighted by atomic mass is 19.1. The highest BCUT2D eigenvalue weighted by Crippen LogP contribution is 2.27. The third-order valence-electron chi connectivity index (χ3n) is 5.01. The quantitative estimate of drug-likeness (QED) is 0.712. The number of nitrogens with zero attached hydrogens (tertiary/aromatic N) is 3. The van der Waals surface area contributed by atoms with Gasteiger partial charge < -0.3 is 14.6 Å². The molecule has 8 heteroatoms. The minimum Gasteiger partial charge on any atom is -0.379 e. The average Bonchev–Trinajstić information content (AvgIpc) is 3.09. The lowest BCUT2D eigenvalue weighted by Gasteiger charge is -2.29. The Bertz CT molecular complexity index is 1010. The topological polar surface area (TPSA) is 80.5 Å². The zero-order chi connectivity index (χ0) is 20.4. The van der Waals surface area contributed by atoms with Gasteiger partial charge in [0.2, 0.25) is 0 Å². The van der Waals surface area contributed by atoms with Gasteiger partial charge in [-0.25, -0.2) is 9.37 Å². The lowest BCUT2D eigenvalue weighted by molar-refractivity contribution is 0.0342. The zero-order valence-electron chi connectivity index (χ0n) is 16.4. The number of pyridine rings is 1. The number of aromatic nitrogens is 2. The average molecular weight is 398 g/mol. The molecule has 152 valence electrons. The molecule has 3 heterocycles. The van der Waals surface area contributed by atoms with Crippen molar-refractivity contribution in [2.75, 3.05) is 32.8 Å². The summed E-state index contributed by atoms with van der Waals surface area (Å²) in [5, 5.41) is 7.61. The number of ether oxygens (including phenoxy) is 1. The number of nitrogens with one attached hydrogen (secondary N) is 1. The standard InChI is InChI=1S/C21H23FN4O3/c1-13(12-26-7-9-28-10-8-26)23-20(27)17-11-18(15-3-5-16(22)6-4-15)24-21-19(17)14(2)25-29-21/h3-6,11,13H,7-10,12H2,1-2H3,(H,23,27). The molecule has 0 aliphatic carbocycles. The van der Waals surface area contributed by atoms with Crippen LogP contribution in [0, 0.1) is 12.7 Å². The monoisotopic (exact) mass is 398 g/mol. The summed E-state index contributed by atoms with van der Waals surface area (Å²) in [5.41, 5.74) is 2.55. The van der Waals surface area contributed by atoms with Gasteiger partial charge in [0.05, 0.1) is 35.6 Å². The van der Waals surface area contributed by atoms with E-state index in [2.05, 4.69) is 20.4 Å². The number of rotatable bonds is 5. The van der Waals surface area contributed by atoms with Gasteiger partial charge in [0, 0.05) is 31.2 Å². The van der Waals surface area contributed by atoms with E-state index >= 15 is 0 Å². The Morgan fingerprint density at radius 1 is 1.28 bits per heavy atom. The molecule has 29 heavy (non-hydrogen) atoms. The van der Waals surface area contributed by atoms with Crippen LogP contribution in [0.25, 0.3) is 22.4 Å². The Kier molecular flexibility index (Phi) is 5.55. The van der Waals surface area contributed by atoms with Crippen molar-refractivity contribution < 1.29 is 18.4 Å². The Morgan fingerprint density at radius 2 is 2.00 bits per heavy atom. The Morgan fingerprint density at radius 3 is 2.72 bits per heavy atom. The van der Waals surface area contributed by atoms with E-state index in [1.54, 1.807) is 25.1 Å². The number of hydrogen-bond donors (Lipinski definition) is 1. The van der Waals surface area contributed by atoms with Crippen LogP contribution in [-0.2, 0) is 4.74 Å². The van der Waals surface area contributed by atoms with Crippen molar-refractivity contribution in [3.8, 4) is 11.3 Å². The Hall–Kier alpha value is -2.84. The van der Waals surface area contributed by atoms with Crippen LogP contribution in [0.15, 0.2) is 34.9 Å². The minimum atomic E-state index is -0.333. The summed E-state index contributed by atoms with van der Waals surface area (Å²) >= 11 is 0. The first-order chi connectivity index (χ1) is 14.0. The number of carbonyl (C=O) groups excluding carboxylic acids is 1. The highest BCUT2D eigenvalue weighted by Gasteiger charge is 2.21. The second-order valence-corrected chi connectivity index (χ2v) is 7.30. The summed E-state index contributed by atoms with van der Waals surface area (Å²) in [5.74, 6) is -0.548. The molecule has 1 N–H and O–H groups in total. The molecule has 1 fully saturated rings. The van der Waals surface area contributed by atoms with Crippen LogP contribution in [0.2, 0.25) is 0 Å². The van der Waals surface area contributed by atoms with Crippen molar-refractivity contribution in [2.24, 2.45) is 0 Å². The summed E-state index contributed by atoms with van der Waals surface area (Å²) < 4.78 is 24.0. The van der Waals surface area contributed by atoms with Crippen molar-refractivity contribution in [1.29, 1.82) is 0 Å². The molecule has 4 rings (SSSR count). The summed E-state index contributed by atoms with van der Waals surface area (Å²) in [6.45, 7) is 7.65. The number of aryl methyl sites for hydroxylation is 1. The maximum absolute atomic E-state index is 13.3. The van der Waals surface area contributed by atoms with Gasteiger partial charge in [0.25, 0.3) is 11.6 Å². The Labute approximate surface area is 167 Å². The van der Waals surface area contributed by atoms with Gasteiger partial charge in [0.1, 0.15) is 5.82 Å². The van der Waals surface area contributed by atoms with Gasteiger partial charge in [-0.2, -0.15) is 0 Å². The first kappa shape index (κ1) is 19.5. The molecule has 1 atom stereocenters. The third kappa shape index (κ3) is 4.28. The molecule has 1 aliphatic rings. The molecule has 0 radical (unpaired) electrons. The van der Waals surface area contributed by atoms with Crippen LogP contribution in [0.1, 0.15) is 23.0 Å². The van der Waals surface area contributed by atoms with Crippen molar-refractivity contribution in [3.63, 3.8) is 0 Å². The van der Waals surface area contributed by atoms with E-state index in [1.807, 2.05) is 6.92 Å². The van der Waals surface area contributed by atoms with E-state index in [4.69, 9.17) is 9.26 Å². The van der Waals surface area contributed by atoms with Crippen LogP contribution >= 0.6 is 0 Å². The van der Waals surface area contributed by atoms with E-state index < -0.39 is 0 Å². The molecule has 7 nitrogen and oxygen atoms in total. The van der Waals surface area contributed by atoms with E-state index in [0.717, 1.165) is 19.6 Å². The van der Waals surface area contributed by atoms with Crippen molar-refractivity contribution >= 4 is 17.0 Å². The number of halogens is 1. The molecular formula is C21H23FN4O3. The fourth-order valence-electron chi connectivity index (χ4n) is 3.56. The SMILES string of the molecule is Cc1noc2nc(-c3ccc(F)cc3)cc(C(=O)NC(C)CN3CCOCC3)c12. The van der Waals surface area contributed by atoms with E-state index in [1.165, 1.54) is 12.1 Å². The number of morpholine rings is 1. The molecular weight excluding hydrogens is 375 g/mol. The van der Waals surface area contributed by atoms with Gasteiger partial charge in [-0.15, -0.1) is 0 Å². The largest absolute Gasteiger partial charge is 0.379 e. The highest BCUT2D eigenvalue weighted by molar-refractivity contribution is 6.07. The molecule has 2 aromatic heterocycles. The van der Waals surface area contributed by atoms with Crippen molar-refractivity contribution in [3.05, 3.63) is 47.4 Å². The van der Waals surface area contributed by atoms with Crippen LogP contribution < -0.4 is 5.32 Å². The number of fused-ring (bicyclic) bond motifs is 1. The molecule has 1 saturated heterocycles. The number of amides is 1. The van der Waals surface area contributed by atoms with Crippen LogP contribution in [0.3, 0.4) is 0 Å². The fourth-order valence-corrected chi connectivity index (χ4v) is 3.56. The minimum absolute atomic E-state index is 0.0433. The van der Waals surface area contributed by atoms with Gasteiger partial charge >= 0.3 is 0 Å². The summed E-state index contributed by atoms with van der Waals surface area (Å²) in [6.07, 6.45) is 0. The third-order valence-corrected chi connectivity index (χ3v) is 5.01. The van der Waals surface area contributed by atoms with E-state index in [-0.39, 0.29) is 23.5 Å². The predicted octanol–water partition coefficient (Wildman–Crippen LogP) is 2.79. The van der Waals surface area contributed by atoms with Crippen molar-refractivity contribution in [2.45, 2.75) is 19.9 Å². The number of carbonyl (C=O) groups is 1. The fraction of sp³-hybridized carbons (Fsp3) is 0.381. The second kappa shape index (κ2) is 8.26. The summed E-state index contributed by atoms with van der Waals surface area (Å²) in [7, 11) is 0. The molecule has 1 unspecified atom stereocenters. The first-order valence-electron chi connectivity index (χ1n) is 9.65. The molecule has 1 amide bonds. The van der Waals surface area contributed by atoms with Crippen molar-refractivity contribution in [1.82, 2.24) is 20.4 Å². The van der Waals surface area contributed by atoms with Crippen LogP contribution in [0.4, 0.5) is 4.39 Å². The number of hydrogen-bond acceptors (Lipinski definition) is 6. The van der Waals surface area contributed by atoms with Crippen LogP contribution in [0.5, 0.6) is 0 Å². The number of benzene rings is 1. The molecule has 1 aliphatic heterocycles. The maximum Gasteiger partial charge on any atom is 0.259 e. The van der Waals surface area contributed by atoms with Gasteiger partial charge in [-0.1, -0.05) is 5.16 Å². The summed E-state index contributed by atoms with van der Waals surface area (Å²) in [4.78, 5) is 19.8. The van der Waals surface area contributed by atoms with Gasteiger partial charge in [0.15, 0.2) is 0 Å². The van der Waals surface area contributed by atoms with Crippen LogP contribution in [-0.4, -0.2) is 59.8 Å². The van der Waals surface area contributed by atoms with Gasteiger partial charge in [-0.05, 0) is 44.2 Å². The Balaban J connectivity index is 1.61. The molecule has 0 saturated carbocycles. The molecule has 0 bridgehead atoms. The molecule has 0 spiro atoms. The molecule has 3 aromatic rings. The second-order valence-electron chi connectivity index (χ2n) is 7.30. The predicted molar refractivity (Wildman–Crippen MR) is 106 cm³/mol. The van der Waals surface area contributed by atoms with E-state index in [0.29, 0.717) is 41.1 Å². The first-order valence-corrected chi connectivity index (χ1v) is 9.65. The normalized spacial score (nSPS) is 16.1. The summed E-state index contributed by atoms with van der Waals surface area (Å²) in [6, 6.07) is 7.62. The zero-order valence-corrected chi connectivity index (χ0v) is 16.4. The lowest BCUT2D eigenvalue weighted by Crippen LogP contribution is -2.46. The smallest absolute Gasteiger partial charge is 0.259 e. The lowest BCUT2D eigenvalue weighted by atomic mass is 10.0.